The van der Waals surface area contributed by atoms with Gasteiger partial charge in [0.25, 0.3) is 0 Å². The van der Waals surface area contributed by atoms with Crippen LogP contribution in [-0.4, -0.2) is 21.6 Å². The first-order valence-electron chi connectivity index (χ1n) is 11.8. The van der Waals surface area contributed by atoms with Crippen molar-refractivity contribution >= 4 is 22.0 Å². The molecular formula is C28H27N3O4. The van der Waals surface area contributed by atoms with Crippen LogP contribution in [0, 0.1) is 6.92 Å². The fraction of sp³-hybridized carbons (Fsp3) is 0.250. The van der Waals surface area contributed by atoms with Crippen LogP contribution in [0.1, 0.15) is 31.7 Å². The Morgan fingerprint density at radius 1 is 1.00 bits per heavy atom. The molecule has 0 unspecified atom stereocenters. The summed E-state index contributed by atoms with van der Waals surface area (Å²) in [5.74, 6) is 1.77. The number of ether oxygens (including phenoxy) is 2. The third-order valence-electron chi connectivity index (χ3n) is 6.16. The number of aromatic nitrogens is 3. The Balaban J connectivity index is 1.62. The third-order valence-corrected chi connectivity index (χ3v) is 6.16. The highest BCUT2D eigenvalue weighted by atomic mass is 16.5. The first-order valence-corrected chi connectivity index (χ1v) is 11.8. The number of hydrogen-bond acceptors (Lipinski definition) is 6. The fourth-order valence-corrected chi connectivity index (χ4v) is 4.35. The van der Waals surface area contributed by atoms with Crippen molar-refractivity contribution in [1.82, 2.24) is 14.5 Å². The molecule has 0 aliphatic carbocycles. The lowest BCUT2D eigenvalue weighted by atomic mass is 10.1. The smallest absolute Gasteiger partial charge is 0.336 e. The van der Waals surface area contributed by atoms with Gasteiger partial charge in [0, 0.05) is 35.8 Å². The molecule has 0 aliphatic heterocycles. The molecule has 0 atom stereocenters. The molecule has 5 aromatic rings. The van der Waals surface area contributed by atoms with Gasteiger partial charge in [0.1, 0.15) is 29.1 Å². The number of nitrogens with zero attached hydrogens (tertiary/aromatic N) is 3. The van der Waals surface area contributed by atoms with Gasteiger partial charge >= 0.3 is 5.63 Å². The Morgan fingerprint density at radius 3 is 2.57 bits per heavy atom. The molecule has 0 saturated carbocycles. The van der Waals surface area contributed by atoms with Crippen molar-refractivity contribution < 1.29 is 13.9 Å². The standard InChI is InChI=1S/C28H27N3O4/c1-4-5-6-13-31-16-23(19-7-9-20(33-3)10-8-19)26-27(31)29-17-30-28(26)34-21-11-12-22-18(2)14-25(32)35-24(22)15-21/h7-12,14-17H,4-6,13H2,1-3H3. The van der Waals surface area contributed by atoms with Crippen LogP contribution in [0.25, 0.3) is 33.1 Å². The Morgan fingerprint density at radius 2 is 1.80 bits per heavy atom. The summed E-state index contributed by atoms with van der Waals surface area (Å²) in [6.07, 6.45) is 6.99. The van der Waals surface area contributed by atoms with Crippen LogP contribution in [0.15, 0.2) is 70.3 Å². The summed E-state index contributed by atoms with van der Waals surface area (Å²) in [5, 5.41) is 1.70. The molecule has 0 bridgehead atoms. The van der Waals surface area contributed by atoms with Gasteiger partial charge in [-0.1, -0.05) is 31.9 Å². The van der Waals surface area contributed by atoms with Crippen LogP contribution >= 0.6 is 0 Å². The van der Waals surface area contributed by atoms with E-state index in [9.17, 15) is 4.79 Å². The quantitative estimate of drug-likeness (QED) is 0.191. The van der Waals surface area contributed by atoms with E-state index in [1.54, 1.807) is 13.2 Å². The molecule has 5 rings (SSSR count). The van der Waals surface area contributed by atoms with Gasteiger partial charge in [-0.25, -0.2) is 14.8 Å². The lowest BCUT2D eigenvalue weighted by Crippen LogP contribution is -1.99. The highest BCUT2D eigenvalue weighted by molar-refractivity contribution is 5.98. The van der Waals surface area contributed by atoms with E-state index in [1.165, 1.54) is 12.4 Å². The summed E-state index contributed by atoms with van der Waals surface area (Å²) in [6, 6.07) is 14.9. The topological polar surface area (TPSA) is 79.4 Å². The highest BCUT2D eigenvalue weighted by Crippen LogP contribution is 2.38. The van der Waals surface area contributed by atoms with Crippen LogP contribution in [0.2, 0.25) is 0 Å². The fourth-order valence-electron chi connectivity index (χ4n) is 4.35. The Bertz CT molecular complexity index is 1550. The molecule has 0 aliphatic rings. The number of rotatable bonds is 8. The summed E-state index contributed by atoms with van der Waals surface area (Å²) >= 11 is 0. The van der Waals surface area contributed by atoms with Gasteiger partial charge in [-0.15, -0.1) is 0 Å². The average Bonchev–Trinajstić information content (AvgIpc) is 3.23. The largest absolute Gasteiger partial charge is 0.497 e. The molecule has 3 aromatic heterocycles. The van der Waals surface area contributed by atoms with Gasteiger partial charge in [-0.2, -0.15) is 0 Å². The number of methoxy groups -OCH3 is 1. The lowest BCUT2D eigenvalue weighted by molar-refractivity contribution is 0.415. The predicted octanol–water partition coefficient (Wildman–Crippen LogP) is 6.50. The second-order valence-corrected chi connectivity index (χ2v) is 8.56. The molecule has 7 nitrogen and oxygen atoms in total. The maximum Gasteiger partial charge on any atom is 0.336 e. The van der Waals surface area contributed by atoms with Gasteiger partial charge in [0.2, 0.25) is 5.88 Å². The number of aryl methyl sites for hydroxylation is 2. The molecule has 178 valence electrons. The van der Waals surface area contributed by atoms with E-state index in [0.29, 0.717) is 17.2 Å². The van der Waals surface area contributed by atoms with Crippen LogP contribution < -0.4 is 15.1 Å². The van der Waals surface area contributed by atoms with E-state index < -0.39 is 0 Å². The van der Waals surface area contributed by atoms with Crippen molar-refractivity contribution in [1.29, 1.82) is 0 Å². The van der Waals surface area contributed by atoms with Crippen LogP contribution in [0.3, 0.4) is 0 Å². The molecule has 0 amide bonds. The zero-order chi connectivity index (χ0) is 24.4. The minimum Gasteiger partial charge on any atom is -0.497 e. The normalized spacial score (nSPS) is 11.3. The number of unbranched alkanes of at least 4 members (excludes halogenated alkanes) is 2. The Hall–Kier alpha value is -4.13. The van der Waals surface area contributed by atoms with Crippen LogP contribution in [-0.2, 0) is 6.54 Å². The molecule has 35 heavy (non-hydrogen) atoms. The zero-order valence-electron chi connectivity index (χ0n) is 20.1. The van der Waals surface area contributed by atoms with Gasteiger partial charge in [-0.05, 0) is 48.7 Å². The second-order valence-electron chi connectivity index (χ2n) is 8.56. The maximum absolute atomic E-state index is 11.9. The molecule has 0 saturated heterocycles. The molecule has 7 heteroatoms. The lowest BCUT2D eigenvalue weighted by Gasteiger charge is -2.09. The van der Waals surface area contributed by atoms with Crippen molar-refractivity contribution in [3.8, 4) is 28.5 Å². The number of benzene rings is 2. The number of fused-ring (bicyclic) bond motifs is 2. The Kier molecular flexibility index (Phi) is 6.23. The summed E-state index contributed by atoms with van der Waals surface area (Å²) < 4.78 is 19.2. The predicted molar refractivity (Wildman–Crippen MR) is 136 cm³/mol. The van der Waals surface area contributed by atoms with Gasteiger partial charge in [0.15, 0.2) is 0 Å². The number of hydrogen-bond donors (Lipinski definition) is 0. The van der Waals surface area contributed by atoms with E-state index >= 15 is 0 Å². The summed E-state index contributed by atoms with van der Waals surface area (Å²) in [4.78, 5) is 21.0. The van der Waals surface area contributed by atoms with E-state index in [2.05, 4.69) is 27.7 Å². The van der Waals surface area contributed by atoms with E-state index in [4.69, 9.17) is 13.9 Å². The molecule has 0 fully saturated rings. The van der Waals surface area contributed by atoms with Crippen molar-refractivity contribution in [3.05, 3.63) is 77.0 Å². The molecule has 3 heterocycles. The van der Waals surface area contributed by atoms with Gasteiger partial charge < -0.3 is 18.5 Å². The van der Waals surface area contributed by atoms with E-state index in [1.807, 2.05) is 43.3 Å². The minimum atomic E-state index is -0.387. The zero-order valence-corrected chi connectivity index (χ0v) is 20.1. The average molecular weight is 470 g/mol. The van der Waals surface area contributed by atoms with Crippen molar-refractivity contribution in [2.24, 2.45) is 0 Å². The maximum atomic E-state index is 11.9. The molecular weight excluding hydrogens is 442 g/mol. The van der Waals surface area contributed by atoms with Gasteiger partial charge in [0.05, 0.1) is 12.5 Å². The first-order chi connectivity index (χ1) is 17.1. The second kappa shape index (κ2) is 9.62. The minimum absolute atomic E-state index is 0.387. The summed E-state index contributed by atoms with van der Waals surface area (Å²) in [6.45, 7) is 4.94. The first kappa shape index (κ1) is 22.7. The van der Waals surface area contributed by atoms with Gasteiger partial charge in [-0.3, -0.25) is 0 Å². The van der Waals surface area contributed by atoms with Crippen molar-refractivity contribution in [2.75, 3.05) is 7.11 Å². The molecule has 2 aromatic carbocycles. The third kappa shape index (κ3) is 4.49. The Labute approximate surface area is 203 Å². The molecule has 0 spiro atoms. The van der Waals surface area contributed by atoms with Crippen molar-refractivity contribution in [2.45, 2.75) is 39.7 Å². The molecule has 0 radical (unpaired) electrons. The van der Waals surface area contributed by atoms with Crippen LogP contribution in [0.4, 0.5) is 0 Å². The summed E-state index contributed by atoms with van der Waals surface area (Å²) in [5.41, 5.74) is 3.77. The van der Waals surface area contributed by atoms with E-state index in [-0.39, 0.29) is 5.63 Å². The van der Waals surface area contributed by atoms with Crippen LogP contribution in [0.5, 0.6) is 17.4 Å². The van der Waals surface area contributed by atoms with E-state index in [0.717, 1.165) is 64.7 Å². The van der Waals surface area contributed by atoms with Crippen molar-refractivity contribution in [3.63, 3.8) is 0 Å². The summed E-state index contributed by atoms with van der Waals surface area (Å²) in [7, 11) is 1.65. The highest BCUT2D eigenvalue weighted by Gasteiger charge is 2.18. The SMILES string of the molecule is CCCCCn1cc(-c2ccc(OC)cc2)c2c(Oc3ccc4c(C)cc(=O)oc4c3)ncnc21. The molecule has 0 N–H and O–H groups in total. The monoisotopic (exact) mass is 469 g/mol.